The zero-order valence-electron chi connectivity index (χ0n) is 14.8. The molecular weight excluding hydrogens is 324 g/mol. The lowest BCUT2D eigenvalue weighted by Gasteiger charge is -2.11. The summed E-state index contributed by atoms with van der Waals surface area (Å²) in [6.45, 7) is 4.62. The fourth-order valence-corrected chi connectivity index (χ4v) is 2.11. The van der Waals surface area contributed by atoms with Crippen LogP contribution in [-0.2, 0) is 23.8 Å². The third-order valence-corrected chi connectivity index (χ3v) is 3.56. The highest BCUT2D eigenvalue weighted by Gasteiger charge is 2.12. The molecule has 0 aromatic rings. The summed E-state index contributed by atoms with van der Waals surface area (Å²) in [5.74, 6) is -0.219. The highest BCUT2D eigenvalue weighted by Crippen LogP contribution is 2.14. The van der Waals surface area contributed by atoms with E-state index in [1.807, 2.05) is 0 Å². The summed E-state index contributed by atoms with van der Waals surface area (Å²) in [4.78, 5) is 22.5. The minimum atomic E-state index is -0.112. The molecule has 1 rings (SSSR count). The van der Waals surface area contributed by atoms with Crippen molar-refractivity contribution in [1.29, 1.82) is 0 Å². The standard InChI is InChI=1S/C18H30N2O5/c19-7-1-9-23-11-13-25-14-12-24-10-2-8-20-18(22)17-5-3-16(15-21)4-6-17/h3,5-6,15-16H,1-2,4,7-14,19H2,(H,20,22). The van der Waals surface area contributed by atoms with Gasteiger partial charge in [-0.2, -0.15) is 0 Å². The number of amides is 1. The van der Waals surface area contributed by atoms with Crippen molar-refractivity contribution >= 4 is 12.2 Å². The van der Waals surface area contributed by atoms with E-state index in [9.17, 15) is 9.59 Å². The van der Waals surface area contributed by atoms with Crippen LogP contribution in [0.5, 0.6) is 0 Å². The molecule has 1 amide bonds. The molecule has 0 saturated heterocycles. The lowest BCUT2D eigenvalue weighted by atomic mass is 9.98. The van der Waals surface area contributed by atoms with Crippen molar-refractivity contribution in [2.75, 3.05) is 52.7 Å². The average molecular weight is 354 g/mol. The Morgan fingerprint density at radius 3 is 2.32 bits per heavy atom. The number of nitrogens with two attached hydrogens (primary N) is 1. The van der Waals surface area contributed by atoms with E-state index in [1.54, 1.807) is 18.2 Å². The maximum absolute atomic E-state index is 11.9. The van der Waals surface area contributed by atoms with Gasteiger partial charge >= 0.3 is 0 Å². The summed E-state index contributed by atoms with van der Waals surface area (Å²) in [6, 6.07) is 0. The van der Waals surface area contributed by atoms with Crippen molar-refractivity contribution in [3.8, 4) is 0 Å². The molecule has 0 aromatic heterocycles. The second kappa shape index (κ2) is 14.8. The van der Waals surface area contributed by atoms with E-state index in [4.69, 9.17) is 19.9 Å². The first-order valence-electron chi connectivity index (χ1n) is 8.83. The molecule has 0 bridgehead atoms. The number of aldehydes is 1. The molecule has 0 spiro atoms. The maximum Gasteiger partial charge on any atom is 0.250 e. The van der Waals surface area contributed by atoms with Gasteiger partial charge in [0.05, 0.1) is 26.4 Å². The third-order valence-electron chi connectivity index (χ3n) is 3.56. The number of carbonyl (C=O) groups excluding carboxylic acids is 2. The van der Waals surface area contributed by atoms with E-state index in [2.05, 4.69) is 5.32 Å². The molecule has 0 saturated carbocycles. The number of ether oxygens (including phenoxy) is 3. The second-order valence-electron chi connectivity index (χ2n) is 5.64. The van der Waals surface area contributed by atoms with E-state index in [-0.39, 0.29) is 11.8 Å². The SMILES string of the molecule is NCCCOCCOCCOCCCNC(=O)C1=CCC(C=O)C=C1. The number of nitrogens with one attached hydrogen (secondary N) is 1. The number of carbonyl (C=O) groups is 2. The van der Waals surface area contributed by atoms with Crippen LogP contribution in [0.15, 0.2) is 23.8 Å². The first-order valence-corrected chi connectivity index (χ1v) is 8.83. The smallest absolute Gasteiger partial charge is 0.250 e. The molecule has 0 heterocycles. The molecular formula is C18H30N2O5. The van der Waals surface area contributed by atoms with Crippen molar-refractivity contribution in [2.45, 2.75) is 19.3 Å². The van der Waals surface area contributed by atoms with Crippen LogP contribution in [0.25, 0.3) is 0 Å². The van der Waals surface area contributed by atoms with Gasteiger partial charge in [0.2, 0.25) is 0 Å². The molecule has 3 N–H and O–H groups in total. The topological polar surface area (TPSA) is 99.9 Å². The van der Waals surface area contributed by atoms with E-state index < -0.39 is 0 Å². The Hall–Kier alpha value is -1.54. The Kier molecular flexibility index (Phi) is 12.7. The molecule has 1 atom stereocenters. The fraction of sp³-hybridized carbons (Fsp3) is 0.667. The predicted molar refractivity (Wildman–Crippen MR) is 95.1 cm³/mol. The Balaban J connectivity index is 1.87. The molecule has 0 fully saturated rings. The molecule has 7 nitrogen and oxygen atoms in total. The first kappa shape index (κ1) is 21.5. The van der Waals surface area contributed by atoms with Gasteiger partial charge in [-0.25, -0.2) is 0 Å². The monoisotopic (exact) mass is 354 g/mol. The quantitative estimate of drug-likeness (QED) is 0.330. The maximum atomic E-state index is 11.9. The minimum Gasteiger partial charge on any atom is -0.379 e. The van der Waals surface area contributed by atoms with Gasteiger partial charge in [-0.05, 0) is 25.8 Å². The van der Waals surface area contributed by atoms with Crippen LogP contribution >= 0.6 is 0 Å². The number of hydrogen-bond acceptors (Lipinski definition) is 6. The van der Waals surface area contributed by atoms with Crippen LogP contribution < -0.4 is 11.1 Å². The van der Waals surface area contributed by atoms with E-state index in [0.717, 1.165) is 19.1 Å². The largest absolute Gasteiger partial charge is 0.379 e. The lowest BCUT2D eigenvalue weighted by Crippen LogP contribution is -2.27. The molecule has 7 heteroatoms. The summed E-state index contributed by atoms with van der Waals surface area (Å²) in [5.41, 5.74) is 5.97. The van der Waals surface area contributed by atoms with E-state index >= 15 is 0 Å². The van der Waals surface area contributed by atoms with Gasteiger partial charge in [0, 0.05) is 31.2 Å². The highest BCUT2D eigenvalue weighted by atomic mass is 16.5. The van der Waals surface area contributed by atoms with E-state index in [1.165, 1.54) is 0 Å². The van der Waals surface area contributed by atoms with Crippen LogP contribution in [0, 0.1) is 5.92 Å². The summed E-state index contributed by atoms with van der Waals surface area (Å²) in [7, 11) is 0. The van der Waals surface area contributed by atoms with Crippen molar-refractivity contribution < 1.29 is 23.8 Å². The van der Waals surface area contributed by atoms with Gasteiger partial charge < -0.3 is 30.1 Å². The first-order chi connectivity index (χ1) is 12.3. The van der Waals surface area contributed by atoms with Gasteiger partial charge in [0.25, 0.3) is 5.91 Å². The van der Waals surface area contributed by atoms with Gasteiger partial charge in [-0.15, -0.1) is 0 Å². The molecule has 0 aromatic carbocycles. The molecule has 142 valence electrons. The van der Waals surface area contributed by atoms with Gasteiger partial charge in [-0.1, -0.05) is 18.2 Å². The van der Waals surface area contributed by atoms with Crippen molar-refractivity contribution in [1.82, 2.24) is 5.32 Å². The zero-order valence-corrected chi connectivity index (χ0v) is 14.8. The second-order valence-corrected chi connectivity index (χ2v) is 5.64. The summed E-state index contributed by atoms with van der Waals surface area (Å²) < 4.78 is 16.1. The summed E-state index contributed by atoms with van der Waals surface area (Å²) >= 11 is 0. The van der Waals surface area contributed by atoms with Crippen LogP contribution in [0.1, 0.15) is 19.3 Å². The van der Waals surface area contributed by atoms with E-state index in [0.29, 0.717) is 64.7 Å². The van der Waals surface area contributed by atoms with Gasteiger partial charge in [0.15, 0.2) is 0 Å². The van der Waals surface area contributed by atoms with Crippen LogP contribution in [0.2, 0.25) is 0 Å². The number of rotatable bonds is 15. The van der Waals surface area contributed by atoms with Gasteiger partial charge in [0.1, 0.15) is 6.29 Å². The zero-order chi connectivity index (χ0) is 18.2. The lowest BCUT2D eigenvalue weighted by molar-refractivity contribution is -0.117. The van der Waals surface area contributed by atoms with Crippen molar-refractivity contribution in [3.05, 3.63) is 23.8 Å². The van der Waals surface area contributed by atoms with Crippen LogP contribution in [-0.4, -0.2) is 64.9 Å². The molecule has 1 aliphatic carbocycles. The Morgan fingerprint density at radius 1 is 1.12 bits per heavy atom. The Labute approximate surface area is 149 Å². The minimum absolute atomic E-state index is 0.107. The van der Waals surface area contributed by atoms with Crippen LogP contribution in [0.4, 0.5) is 0 Å². The Morgan fingerprint density at radius 2 is 1.76 bits per heavy atom. The van der Waals surface area contributed by atoms with Crippen LogP contribution in [0.3, 0.4) is 0 Å². The molecule has 0 radical (unpaired) electrons. The normalized spacial score (nSPS) is 16.5. The molecule has 0 aliphatic heterocycles. The summed E-state index contributed by atoms with van der Waals surface area (Å²) in [5, 5.41) is 2.84. The molecule has 25 heavy (non-hydrogen) atoms. The summed E-state index contributed by atoms with van der Waals surface area (Å²) in [6.07, 6.45) is 8.33. The van der Waals surface area contributed by atoms with Crippen molar-refractivity contribution in [2.24, 2.45) is 11.7 Å². The van der Waals surface area contributed by atoms with Crippen molar-refractivity contribution in [3.63, 3.8) is 0 Å². The highest BCUT2D eigenvalue weighted by molar-refractivity contribution is 5.96. The third kappa shape index (κ3) is 10.8. The number of allylic oxidation sites excluding steroid dienone is 2. The fourth-order valence-electron chi connectivity index (χ4n) is 2.11. The average Bonchev–Trinajstić information content (AvgIpc) is 2.65. The number of hydrogen-bond donors (Lipinski definition) is 2. The predicted octanol–water partition coefficient (Wildman–Crippen LogP) is 0.593. The molecule has 1 aliphatic rings. The molecule has 1 unspecified atom stereocenters. The van der Waals surface area contributed by atoms with Gasteiger partial charge in [-0.3, -0.25) is 4.79 Å². The Bertz CT molecular complexity index is 437.